The number of esters is 1. The highest BCUT2D eigenvalue weighted by Gasteiger charge is 1.89. The number of carbonyl (C=O) groups is 1. The van der Waals surface area contributed by atoms with E-state index in [1.807, 2.05) is 0 Å². The van der Waals surface area contributed by atoms with Crippen molar-refractivity contribution >= 4 is 5.97 Å². The summed E-state index contributed by atoms with van der Waals surface area (Å²) < 4.78 is 4.36. The predicted octanol–water partition coefficient (Wildman–Crippen LogP) is 0.654. The topological polar surface area (TPSA) is 46.5 Å². The van der Waals surface area contributed by atoms with E-state index in [2.05, 4.69) is 4.74 Å². The van der Waals surface area contributed by atoms with E-state index in [9.17, 15) is 4.79 Å². The third-order valence-electron chi connectivity index (χ3n) is 1.10. The van der Waals surface area contributed by atoms with Crippen molar-refractivity contribution in [2.24, 2.45) is 0 Å². The number of aliphatic hydroxyl groups excluding tert-OH is 1. The Hall–Kier alpha value is -1.09. The molecule has 0 aliphatic carbocycles. The molecular weight excluding hydrogens is 144 g/mol. The van der Waals surface area contributed by atoms with Gasteiger partial charge in [-0.25, -0.2) is 4.79 Å². The van der Waals surface area contributed by atoms with Gasteiger partial charge in [0.15, 0.2) is 0 Å². The van der Waals surface area contributed by atoms with Crippen LogP contribution in [0.1, 0.15) is 6.92 Å². The van der Waals surface area contributed by atoms with Crippen molar-refractivity contribution in [2.75, 3.05) is 13.7 Å². The largest absolute Gasteiger partial charge is 0.466 e. The Morgan fingerprint density at radius 3 is 2.64 bits per heavy atom. The van der Waals surface area contributed by atoms with Crippen LogP contribution in [0.4, 0.5) is 0 Å². The first-order valence-electron chi connectivity index (χ1n) is 3.24. The lowest BCUT2D eigenvalue weighted by Crippen LogP contribution is -1.93. The molecule has 0 aliphatic heterocycles. The predicted molar refractivity (Wildman–Crippen MR) is 42.0 cm³/mol. The second-order valence-electron chi connectivity index (χ2n) is 1.99. The molecule has 0 saturated heterocycles. The van der Waals surface area contributed by atoms with Crippen LogP contribution in [0.15, 0.2) is 23.8 Å². The molecule has 1 N–H and O–H groups in total. The van der Waals surface area contributed by atoms with Crippen molar-refractivity contribution in [3.63, 3.8) is 0 Å². The third kappa shape index (κ3) is 5.36. The first-order chi connectivity index (χ1) is 5.20. The van der Waals surface area contributed by atoms with Gasteiger partial charge in [-0.15, -0.1) is 0 Å². The summed E-state index contributed by atoms with van der Waals surface area (Å²) in [5, 5.41) is 8.43. The van der Waals surface area contributed by atoms with Gasteiger partial charge in [-0.1, -0.05) is 17.7 Å². The quantitative estimate of drug-likeness (QED) is 0.371. The van der Waals surface area contributed by atoms with Crippen molar-refractivity contribution in [2.45, 2.75) is 6.92 Å². The van der Waals surface area contributed by atoms with E-state index in [4.69, 9.17) is 5.11 Å². The lowest BCUT2D eigenvalue weighted by Gasteiger charge is -1.90. The maximum atomic E-state index is 10.5. The first-order valence-corrected chi connectivity index (χ1v) is 3.24. The molecule has 0 radical (unpaired) electrons. The Labute approximate surface area is 66.0 Å². The van der Waals surface area contributed by atoms with Gasteiger partial charge in [0, 0.05) is 6.08 Å². The molecule has 0 atom stereocenters. The van der Waals surface area contributed by atoms with E-state index in [0.29, 0.717) is 0 Å². The zero-order valence-corrected chi connectivity index (χ0v) is 6.70. The van der Waals surface area contributed by atoms with Crippen LogP contribution < -0.4 is 0 Å². The SMILES string of the molecule is COC(=O)/C=C/C(C)=C/CO. The standard InChI is InChI=1S/C8H12O3/c1-7(5-6-9)3-4-8(10)11-2/h3-5,9H,6H2,1-2H3/b4-3+,7-5+. The van der Waals surface area contributed by atoms with Gasteiger partial charge < -0.3 is 9.84 Å². The molecule has 0 spiro atoms. The van der Waals surface area contributed by atoms with Gasteiger partial charge >= 0.3 is 5.97 Å². The molecule has 3 nitrogen and oxygen atoms in total. The fraction of sp³-hybridized carbons (Fsp3) is 0.375. The molecule has 0 fully saturated rings. The van der Waals surface area contributed by atoms with Gasteiger partial charge in [-0.2, -0.15) is 0 Å². The summed E-state index contributed by atoms with van der Waals surface area (Å²) in [4.78, 5) is 10.5. The van der Waals surface area contributed by atoms with E-state index in [-0.39, 0.29) is 6.61 Å². The van der Waals surface area contributed by atoms with Gasteiger partial charge in [-0.3, -0.25) is 0 Å². The van der Waals surface area contributed by atoms with Gasteiger partial charge in [0.1, 0.15) is 0 Å². The molecule has 0 aromatic heterocycles. The Balaban J connectivity index is 3.92. The summed E-state index contributed by atoms with van der Waals surface area (Å²) >= 11 is 0. The van der Waals surface area contributed by atoms with Crippen molar-refractivity contribution in [3.05, 3.63) is 23.8 Å². The summed E-state index contributed by atoms with van der Waals surface area (Å²) in [6, 6.07) is 0. The van der Waals surface area contributed by atoms with Crippen LogP contribution in [0, 0.1) is 0 Å². The average Bonchev–Trinajstić information content (AvgIpc) is 2.01. The highest BCUT2D eigenvalue weighted by molar-refractivity contribution is 5.82. The number of hydrogen-bond donors (Lipinski definition) is 1. The molecule has 0 aromatic carbocycles. The lowest BCUT2D eigenvalue weighted by atomic mass is 10.2. The van der Waals surface area contributed by atoms with Gasteiger partial charge in [0.2, 0.25) is 0 Å². The zero-order valence-electron chi connectivity index (χ0n) is 6.70. The van der Waals surface area contributed by atoms with E-state index in [1.165, 1.54) is 13.2 Å². The average molecular weight is 156 g/mol. The monoisotopic (exact) mass is 156 g/mol. The minimum absolute atomic E-state index is 0.0165. The second kappa shape index (κ2) is 5.68. The number of carbonyl (C=O) groups excluding carboxylic acids is 1. The van der Waals surface area contributed by atoms with Gasteiger partial charge in [0.25, 0.3) is 0 Å². The lowest BCUT2D eigenvalue weighted by molar-refractivity contribution is -0.134. The Kier molecular flexibility index (Phi) is 5.11. The van der Waals surface area contributed by atoms with Crippen LogP contribution in [-0.4, -0.2) is 24.8 Å². The van der Waals surface area contributed by atoms with Gasteiger partial charge in [-0.05, 0) is 6.92 Å². The smallest absolute Gasteiger partial charge is 0.330 e. The molecule has 0 aromatic rings. The molecule has 0 heterocycles. The molecule has 0 saturated carbocycles. The minimum atomic E-state index is -0.393. The highest BCUT2D eigenvalue weighted by atomic mass is 16.5. The zero-order chi connectivity index (χ0) is 8.69. The van der Waals surface area contributed by atoms with E-state index >= 15 is 0 Å². The number of ether oxygens (including phenoxy) is 1. The minimum Gasteiger partial charge on any atom is -0.466 e. The van der Waals surface area contributed by atoms with Crippen LogP contribution in [-0.2, 0) is 9.53 Å². The molecule has 0 bridgehead atoms. The molecule has 62 valence electrons. The second-order valence-corrected chi connectivity index (χ2v) is 1.99. The van der Waals surface area contributed by atoms with E-state index in [1.54, 1.807) is 19.1 Å². The molecule has 0 rings (SSSR count). The number of aliphatic hydroxyl groups is 1. The number of allylic oxidation sites excluding steroid dienone is 2. The summed E-state index contributed by atoms with van der Waals surface area (Å²) in [6.45, 7) is 1.77. The van der Waals surface area contributed by atoms with Crippen molar-refractivity contribution < 1.29 is 14.6 Å². The molecule has 0 aliphatic rings. The summed E-state index contributed by atoms with van der Waals surface area (Å²) in [5.74, 6) is -0.393. The maximum Gasteiger partial charge on any atom is 0.330 e. The summed E-state index contributed by atoms with van der Waals surface area (Å²) in [5.41, 5.74) is 0.831. The maximum absolute atomic E-state index is 10.5. The molecule has 0 unspecified atom stereocenters. The fourth-order valence-electron chi connectivity index (χ4n) is 0.480. The van der Waals surface area contributed by atoms with E-state index in [0.717, 1.165) is 5.57 Å². The van der Waals surface area contributed by atoms with Crippen molar-refractivity contribution in [1.29, 1.82) is 0 Å². The molecule has 0 amide bonds. The van der Waals surface area contributed by atoms with Gasteiger partial charge in [0.05, 0.1) is 13.7 Å². The number of methoxy groups -OCH3 is 1. The molecular formula is C8H12O3. The van der Waals surface area contributed by atoms with Crippen LogP contribution in [0.3, 0.4) is 0 Å². The summed E-state index contributed by atoms with van der Waals surface area (Å²) in [7, 11) is 1.32. The van der Waals surface area contributed by atoms with Crippen LogP contribution >= 0.6 is 0 Å². The van der Waals surface area contributed by atoms with Crippen LogP contribution in [0.2, 0.25) is 0 Å². The fourth-order valence-corrected chi connectivity index (χ4v) is 0.480. The Morgan fingerprint density at radius 1 is 1.55 bits per heavy atom. The van der Waals surface area contributed by atoms with Crippen molar-refractivity contribution in [3.8, 4) is 0 Å². The number of hydrogen-bond acceptors (Lipinski definition) is 3. The van der Waals surface area contributed by atoms with Crippen LogP contribution in [0.25, 0.3) is 0 Å². The Bertz CT molecular complexity index is 180. The molecule has 3 heteroatoms. The molecule has 11 heavy (non-hydrogen) atoms. The van der Waals surface area contributed by atoms with Crippen molar-refractivity contribution in [1.82, 2.24) is 0 Å². The number of rotatable bonds is 3. The highest BCUT2D eigenvalue weighted by Crippen LogP contribution is 1.93. The van der Waals surface area contributed by atoms with E-state index < -0.39 is 5.97 Å². The van der Waals surface area contributed by atoms with Crippen LogP contribution in [0.5, 0.6) is 0 Å². The summed E-state index contributed by atoms with van der Waals surface area (Å²) in [6.07, 6.45) is 4.49. The third-order valence-corrected chi connectivity index (χ3v) is 1.10. The normalized spacial score (nSPS) is 12.1. The Morgan fingerprint density at radius 2 is 2.18 bits per heavy atom. The first kappa shape index (κ1) is 9.91.